The number of hydrogen-bond donors (Lipinski definition) is 0. The van der Waals surface area contributed by atoms with Crippen molar-refractivity contribution in [1.82, 2.24) is 4.90 Å². The van der Waals surface area contributed by atoms with Gasteiger partial charge in [-0.25, -0.2) is 0 Å². The minimum absolute atomic E-state index is 0.138. The molecule has 3 rings (SSSR count). The van der Waals surface area contributed by atoms with Crippen molar-refractivity contribution in [2.45, 2.75) is 12.8 Å². The molecule has 122 valence electrons. The molecular formula is C18H14INO4. The van der Waals surface area contributed by atoms with E-state index in [1.807, 2.05) is 12.1 Å². The van der Waals surface area contributed by atoms with Crippen molar-refractivity contribution in [2.75, 3.05) is 6.54 Å². The third-order valence-electron chi connectivity index (χ3n) is 3.69. The van der Waals surface area contributed by atoms with Crippen LogP contribution in [0.4, 0.5) is 0 Å². The van der Waals surface area contributed by atoms with Crippen molar-refractivity contribution in [1.29, 1.82) is 0 Å². The number of amides is 2. The number of fused-ring (bicyclic) bond motifs is 1. The SMILES string of the molecule is O=C(CCCN1C(=O)c2ccccc2C1=O)Oc1ccc(I)cc1. The molecule has 0 N–H and O–H groups in total. The molecule has 5 nitrogen and oxygen atoms in total. The number of rotatable bonds is 5. The Morgan fingerprint density at radius 2 is 1.54 bits per heavy atom. The standard InChI is InChI=1S/C18H14INO4/c19-12-7-9-13(10-8-12)24-16(21)6-3-11-20-17(22)14-4-1-2-5-15(14)18(20)23/h1-2,4-5,7-10H,3,6,11H2. The zero-order valence-corrected chi connectivity index (χ0v) is 14.9. The van der Waals surface area contributed by atoms with Gasteiger partial charge >= 0.3 is 5.97 Å². The van der Waals surface area contributed by atoms with Crippen LogP contribution in [0.5, 0.6) is 5.75 Å². The number of nitrogens with zero attached hydrogens (tertiary/aromatic N) is 1. The molecule has 0 aromatic heterocycles. The molecule has 0 saturated carbocycles. The molecule has 6 heteroatoms. The van der Waals surface area contributed by atoms with Crippen LogP contribution in [-0.4, -0.2) is 29.2 Å². The summed E-state index contributed by atoms with van der Waals surface area (Å²) in [6, 6.07) is 13.9. The lowest BCUT2D eigenvalue weighted by atomic mass is 10.1. The minimum Gasteiger partial charge on any atom is -0.427 e. The monoisotopic (exact) mass is 435 g/mol. The molecule has 1 aliphatic heterocycles. The first kappa shape index (κ1) is 16.6. The van der Waals surface area contributed by atoms with Gasteiger partial charge < -0.3 is 4.74 Å². The molecule has 2 amide bonds. The molecule has 0 spiro atoms. The Bertz CT molecular complexity index is 766. The van der Waals surface area contributed by atoms with Crippen LogP contribution in [0.1, 0.15) is 33.6 Å². The number of carbonyl (C=O) groups is 3. The van der Waals surface area contributed by atoms with Crippen LogP contribution in [0.25, 0.3) is 0 Å². The van der Waals surface area contributed by atoms with Crippen molar-refractivity contribution in [3.05, 3.63) is 63.2 Å². The highest BCUT2D eigenvalue weighted by Gasteiger charge is 2.34. The summed E-state index contributed by atoms with van der Waals surface area (Å²) in [5, 5.41) is 0. The molecule has 0 radical (unpaired) electrons. The third-order valence-corrected chi connectivity index (χ3v) is 4.41. The average Bonchev–Trinajstić information content (AvgIpc) is 2.82. The number of benzene rings is 2. The second-order valence-electron chi connectivity index (χ2n) is 5.34. The van der Waals surface area contributed by atoms with Gasteiger partial charge in [-0.2, -0.15) is 0 Å². The van der Waals surface area contributed by atoms with E-state index >= 15 is 0 Å². The first-order valence-electron chi connectivity index (χ1n) is 7.48. The Hall–Kier alpha value is -2.22. The summed E-state index contributed by atoms with van der Waals surface area (Å²) < 4.78 is 6.27. The largest absolute Gasteiger partial charge is 0.427 e. The molecular weight excluding hydrogens is 421 g/mol. The van der Waals surface area contributed by atoms with Gasteiger partial charge in [-0.05, 0) is 65.4 Å². The highest BCUT2D eigenvalue weighted by atomic mass is 127. The van der Waals surface area contributed by atoms with Gasteiger partial charge in [0.1, 0.15) is 5.75 Å². The van der Waals surface area contributed by atoms with Crippen molar-refractivity contribution < 1.29 is 19.1 Å². The summed E-state index contributed by atoms with van der Waals surface area (Å²) in [5.41, 5.74) is 0.841. The molecule has 0 saturated heterocycles. The Kier molecular flexibility index (Phi) is 4.94. The Morgan fingerprint density at radius 1 is 0.958 bits per heavy atom. The summed E-state index contributed by atoms with van der Waals surface area (Å²) in [7, 11) is 0. The summed E-state index contributed by atoms with van der Waals surface area (Å²) in [5.74, 6) is -0.503. The van der Waals surface area contributed by atoms with E-state index in [4.69, 9.17) is 4.74 Å². The second kappa shape index (κ2) is 7.12. The molecule has 0 fully saturated rings. The molecule has 1 aliphatic rings. The van der Waals surface area contributed by atoms with E-state index in [0.717, 1.165) is 3.57 Å². The summed E-state index contributed by atoms with van der Waals surface area (Å²) in [4.78, 5) is 37.4. The summed E-state index contributed by atoms with van der Waals surface area (Å²) in [6.07, 6.45) is 0.508. The van der Waals surface area contributed by atoms with E-state index in [0.29, 0.717) is 23.3 Å². The van der Waals surface area contributed by atoms with Crippen LogP contribution < -0.4 is 4.74 Å². The van der Waals surface area contributed by atoms with Crippen molar-refractivity contribution >= 4 is 40.4 Å². The van der Waals surface area contributed by atoms with Gasteiger partial charge in [-0.15, -0.1) is 0 Å². The number of carbonyl (C=O) groups excluding carboxylic acids is 3. The molecule has 0 unspecified atom stereocenters. The van der Waals surface area contributed by atoms with Gasteiger partial charge in [-0.1, -0.05) is 12.1 Å². The molecule has 24 heavy (non-hydrogen) atoms. The number of halogens is 1. The van der Waals surface area contributed by atoms with Crippen LogP contribution in [-0.2, 0) is 4.79 Å². The van der Waals surface area contributed by atoms with Crippen LogP contribution in [0, 0.1) is 3.57 Å². The van der Waals surface area contributed by atoms with Crippen molar-refractivity contribution in [2.24, 2.45) is 0 Å². The number of hydrogen-bond acceptors (Lipinski definition) is 4. The Morgan fingerprint density at radius 3 is 2.12 bits per heavy atom. The lowest BCUT2D eigenvalue weighted by Crippen LogP contribution is -2.31. The number of imide groups is 1. The Balaban J connectivity index is 1.52. The summed E-state index contributed by atoms with van der Waals surface area (Å²) >= 11 is 2.17. The molecule has 2 aromatic carbocycles. The van der Waals surface area contributed by atoms with Gasteiger partial charge in [0.2, 0.25) is 0 Å². The first-order chi connectivity index (χ1) is 11.6. The quantitative estimate of drug-likeness (QED) is 0.313. The smallest absolute Gasteiger partial charge is 0.311 e. The topological polar surface area (TPSA) is 63.7 Å². The lowest BCUT2D eigenvalue weighted by molar-refractivity contribution is -0.134. The molecule has 2 aromatic rings. The van der Waals surface area contributed by atoms with Crippen LogP contribution >= 0.6 is 22.6 Å². The van der Waals surface area contributed by atoms with Gasteiger partial charge in [0.25, 0.3) is 11.8 Å². The maximum absolute atomic E-state index is 12.2. The van der Waals surface area contributed by atoms with Crippen molar-refractivity contribution in [3.63, 3.8) is 0 Å². The van der Waals surface area contributed by atoms with Gasteiger partial charge in [0, 0.05) is 16.5 Å². The average molecular weight is 435 g/mol. The van der Waals surface area contributed by atoms with Gasteiger partial charge in [0.05, 0.1) is 11.1 Å². The van der Waals surface area contributed by atoms with Gasteiger partial charge in [-0.3, -0.25) is 19.3 Å². The highest BCUT2D eigenvalue weighted by molar-refractivity contribution is 14.1. The van der Waals surface area contributed by atoms with Crippen LogP contribution in [0.15, 0.2) is 48.5 Å². The molecule has 0 atom stereocenters. The van der Waals surface area contributed by atoms with E-state index in [1.165, 1.54) is 4.90 Å². The minimum atomic E-state index is -0.382. The fourth-order valence-electron chi connectivity index (χ4n) is 2.51. The maximum Gasteiger partial charge on any atom is 0.311 e. The fourth-order valence-corrected chi connectivity index (χ4v) is 2.87. The normalized spacial score (nSPS) is 13.1. The highest BCUT2D eigenvalue weighted by Crippen LogP contribution is 2.22. The van der Waals surface area contributed by atoms with E-state index < -0.39 is 0 Å². The van der Waals surface area contributed by atoms with E-state index in [2.05, 4.69) is 22.6 Å². The predicted octanol–water partition coefficient (Wildman–Crippen LogP) is 3.27. The number of esters is 1. The van der Waals surface area contributed by atoms with Gasteiger partial charge in [0.15, 0.2) is 0 Å². The van der Waals surface area contributed by atoms with Crippen molar-refractivity contribution in [3.8, 4) is 5.75 Å². The fraction of sp³-hybridized carbons (Fsp3) is 0.167. The Labute approximate surface area is 152 Å². The zero-order chi connectivity index (χ0) is 17.1. The second-order valence-corrected chi connectivity index (χ2v) is 6.58. The maximum atomic E-state index is 12.2. The zero-order valence-electron chi connectivity index (χ0n) is 12.7. The molecule has 0 aliphatic carbocycles. The molecule has 0 bridgehead atoms. The van der Waals surface area contributed by atoms with Crippen LogP contribution in [0.3, 0.4) is 0 Å². The van der Waals surface area contributed by atoms with E-state index in [-0.39, 0.29) is 30.7 Å². The molecule has 1 heterocycles. The number of ether oxygens (including phenoxy) is 1. The third kappa shape index (κ3) is 3.48. The predicted molar refractivity (Wildman–Crippen MR) is 95.8 cm³/mol. The summed E-state index contributed by atoms with van der Waals surface area (Å²) in [6.45, 7) is 0.203. The lowest BCUT2D eigenvalue weighted by Gasteiger charge is -2.13. The van der Waals surface area contributed by atoms with E-state index in [1.54, 1.807) is 36.4 Å². The van der Waals surface area contributed by atoms with E-state index in [9.17, 15) is 14.4 Å². The first-order valence-corrected chi connectivity index (χ1v) is 8.55. The van der Waals surface area contributed by atoms with Crippen LogP contribution in [0.2, 0.25) is 0 Å².